The van der Waals surface area contributed by atoms with Crippen molar-refractivity contribution in [1.29, 1.82) is 0 Å². The third-order valence-electron chi connectivity index (χ3n) is 2.47. The number of hydrogen-bond acceptors (Lipinski definition) is 3. The van der Waals surface area contributed by atoms with Crippen LogP contribution in [0.3, 0.4) is 0 Å². The topological polar surface area (TPSA) is 91.3 Å². The van der Waals surface area contributed by atoms with Crippen molar-refractivity contribution in [3.8, 4) is 0 Å². The van der Waals surface area contributed by atoms with E-state index in [1.54, 1.807) is 18.3 Å². The van der Waals surface area contributed by atoms with Gasteiger partial charge in [-0.1, -0.05) is 19.9 Å². The monoisotopic (exact) mass is 265 g/mol. The molecule has 19 heavy (non-hydrogen) atoms. The van der Waals surface area contributed by atoms with Crippen LogP contribution in [0.2, 0.25) is 0 Å². The molecule has 1 aromatic heterocycles. The van der Waals surface area contributed by atoms with E-state index >= 15 is 0 Å². The second kappa shape index (κ2) is 7.35. The molecule has 0 radical (unpaired) electrons. The van der Waals surface area contributed by atoms with Gasteiger partial charge >= 0.3 is 12.0 Å². The van der Waals surface area contributed by atoms with Gasteiger partial charge in [0.2, 0.25) is 0 Å². The maximum atomic E-state index is 11.6. The van der Waals surface area contributed by atoms with E-state index in [1.165, 1.54) is 0 Å². The Labute approximate surface area is 112 Å². The van der Waals surface area contributed by atoms with Crippen LogP contribution in [0.5, 0.6) is 0 Å². The molecule has 0 aromatic carbocycles. The molecule has 0 fully saturated rings. The van der Waals surface area contributed by atoms with Crippen molar-refractivity contribution in [2.45, 2.75) is 32.9 Å². The number of carbonyl (C=O) groups is 2. The molecular weight excluding hydrogens is 246 g/mol. The molecule has 1 atom stereocenters. The molecule has 104 valence electrons. The molecule has 0 spiro atoms. The van der Waals surface area contributed by atoms with E-state index in [4.69, 9.17) is 5.11 Å². The third-order valence-corrected chi connectivity index (χ3v) is 2.47. The van der Waals surface area contributed by atoms with Crippen LogP contribution >= 0.6 is 0 Å². The number of rotatable bonds is 6. The van der Waals surface area contributed by atoms with E-state index < -0.39 is 18.0 Å². The highest BCUT2D eigenvalue weighted by Gasteiger charge is 2.20. The van der Waals surface area contributed by atoms with E-state index in [1.807, 2.05) is 19.9 Å². The van der Waals surface area contributed by atoms with Gasteiger partial charge in [0.1, 0.15) is 6.04 Å². The number of carboxylic acids is 1. The largest absolute Gasteiger partial charge is 0.480 e. The summed E-state index contributed by atoms with van der Waals surface area (Å²) in [5.74, 6) is -0.834. The van der Waals surface area contributed by atoms with E-state index in [9.17, 15) is 9.59 Å². The highest BCUT2D eigenvalue weighted by Crippen LogP contribution is 2.04. The average molecular weight is 265 g/mol. The zero-order valence-corrected chi connectivity index (χ0v) is 11.1. The summed E-state index contributed by atoms with van der Waals surface area (Å²) in [4.78, 5) is 26.6. The number of nitrogens with zero attached hydrogens (tertiary/aromatic N) is 1. The lowest BCUT2D eigenvalue weighted by Gasteiger charge is -2.16. The van der Waals surface area contributed by atoms with E-state index in [0.29, 0.717) is 12.1 Å². The Bertz CT molecular complexity index is 420. The molecule has 1 aromatic rings. The van der Waals surface area contributed by atoms with Gasteiger partial charge in [-0.2, -0.15) is 0 Å². The number of carboxylic acid groups (broad SMARTS) is 1. The van der Waals surface area contributed by atoms with Crippen molar-refractivity contribution in [3.63, 3.8) is 0 Å². The lowest BCUT2D eigenvalue weighted by molar-refractivity contribution is -0.139. The number of urea groups is 1. The van der Waals surface area contributed by atoms with Gasteiger partial charge in [0.25, 0.3) is 0 Å². The number of aromatic nitrogens is 1. The molecule has 1 heterocycles. The summed E-state index contributed by atoms with van der Waals surface area (Å²) in [6.45, 7) is 4.08. The standard InChI is InChI=1S/C13H19N3O3/c1-9(2)7-11(12(17)18)16-13(19)15-8-10-5-3-4-6-14-10/h3-6,9,11H,7-8H2,1-2H3,(H,17,18)(H2,15,16,19)/t11-/m0/s1. The molecule has 0 saturated carbocycles. The average Bonchev–Trinajstić information content (AvgIpc) is 2.36. The van der Waals surface area contributed by atoms with Gasteiger partial charge in [-0.3, -0.25) is 4.98 Å². The molecule has 3 N–H and O–H groups in total. The second-order valence-electron chi connectivity index (χ2n) is 4.67. The molecule has 0 aliphatic heterocycles. The Balaban J connectivity index is 2.42. The van der Waals surface area contributed by atoms with Crippen LogP contribution < -0.4 is 10.6 Å². The molecule has 0 saturated heterocycles. The van der Waals surface area contributed by atoms with Gasteiger partial charge in [0, 0.05) is 6.20 Å². The minimum atomic E-state index is -1.03. The molecule has 6 heteroatoms. The van der Waals surface area contributed by atoms with Gasteiger partial charge in [-0.05, 0) is 24.5 Å². The molecule has 2 amide bonds. The van der Waals surface area contributed by atoms with Crippen LogP contribution in [0.1, 0.15) is 26.0 Å². The highest BCUT2D eigenvalue weighted by atomic mass is 16.4. The fraction of sp³-hybridized carbons (Fsp3) is 0.462. The number of pyridine rings is 1. The lowest BCUT2D eigenvalue weighted by Crippen LogP contribution is -2.46. The summed E-state index contributed by atoms with van der Waals surface area (Å²) in [7, 11) is 0. The quantitative estimate of drug-likeness (QED) is 0.724. The van der Waals surface area contributed by atoms with Crippen LogP contribution in [0.4, 0.5) is 4.79 Å². The number of amides is 2. The first-order chi connectivity index (χ1) is 8.99. The van der Waals surface area contributed by atoms with Gasteiger partial charge in [0.15, 0.2) is 0 Å². The Kier molecular flexibility index (Phi) is 5.78. The first-order valence-corrected chi connectivity index (χ1v) is 6.16. The summed E-state index contributed by atoms with van der Waals surface area (Å²) in [6.07, 6.45) is 2.03. The Morgan fingerprint density at radius 1 is 1.37 bits per heavy atom. The van der Waals surface area contributed by atoms with E-state index in [2.05, 4.69) is 15.6 Å². The van der Waals surface area contributed by atoms with Gasteiger partial charge in [-0.25, -0.2) is 9.59 Å². The number of carbonyl (C=O) groups excluding carboxylic acids is 1. The minimum Gasteiger partial charge on any atom is -0.480 e. The van der Waals surface area contributed by atoms with Crippen LogP contribution in [0.15, 0.2) is 24.4 Å². The summed E-state index contributed by atoms with van der Waals surface area (Å²) in [6, 6.07) is 4.01. The van der Waals surface area contributed by atoms with Crippen molar-refractivity contribution in [1.82, 2.24) is 15.6 Å². The predicted octanol–water partition coefficient (Wildman–Crippen LogP) is 1.38. The zero-order chi connectivity index (χ0) is 14.3. The number of hydrogen-bond donors (Lipinski definition) is 3. The maximum absolute atomic E-state index is 11.6. The summed E-state index contributed by atoms with van der Waals surface area (Å²) >= 11 is 0. The lowest BCUT2D eigenvalue weighted by atomic mass is 10.0. The van der Waals surface area contributed by atoms with Crippen molar-refractivity contribution < 1.29 is 14.7 Å². The highest BCUT2D eigenvalue weighted by molar-refractivity contribution is 5.82. The molecule has 0 bridgehead atoms. The van der Waals surface area contributed by atoms with Gasteiger partial charge in [0.05, 0.1) is 12.2 Å². The minimum absolute atomic E-state index is 0.192. The first kappa shape index (κ1) is 14.9. The SMILES string of the molecule is CC(C)C[C@H](NC(=O)NCc1ccccn1)C(=O)O. The maximum Gasteiger partial charge on any atom is 0.326 e. The molecule has 1 rings (SSSR count). The summed E-state index contributed by atoms with van der Waals surface area (Å²) in [5.41, 5.74) is 0.716. The molecular formula is C13H19N3O3. The fourth-order valence-corrected chi connectivity index (χ4v) is 1.58. The van der Waals surface area contributed by atoms with Crippen LogP contribution in [-0.4, -0.2) is 28.1 Å². The number of aliphatic carboxylic acids is 1. The molecule has 0 aliphatic carbocycles. The zero-order valence-electron chi connectivity index (χ0n) is 11.1. The Morgan fingerprint density at radius 2 is 2.11 bits per heavy atom. The summed E-state index contributed by atoms with van der Waals surface area (Å²) < 4.78 is 0. The van der Waals surface area contributed by atoms with E-state index in [-0.39, 0.29) is 12.5 Å². The van der Waals surface area contributed by atoms with Crippen LogP contribution in [0, 0.1) is 5.92 Å². The molecule has 6 nitrogen and oxygen atoms in total. The van der Waals surface area contributed by atoms with Gasteiger partial charge in [-0.15, -0.1) is 0 Å². The van der Waals surface area contributed by atoms with Crippen LogP contribution in [0.25, 0.3) is 0 Å². The molecule has 0 unspecified atom stereocenters. The smallest absolute Gasteiger partial charge is 0.326 e. The Morgan fingerprint density at radius 3 is 2.63 bits per heavy atom. The van der Waals surface area contributed by atoms with Crippen molar-refractivity contribution in [2.75, 3.05) is 0 Å². The number of nitrogens with one attached hydrogen (secondary N) is 2. The van der Waals surface area contributed by atoms with E-state index in [0.717, 1.165) is 0 Å². The first-order valence-electron chi connectivity index (χ1n) is 6.16. The van der Waals surface area contributed by atoms with Crippen LogP contribution in [-0.2, 0) is 11.3 Å². The second-order valence-corrected chi connectivity index (χ2v) is 4.67. The van der Waals surface area contributed by atoms with Gasteiger partial charge < -0.3 is 15.7 Å². The third kappa shape index (κ3) is 5.85. The van der Waals surface area contributed by atoms with Crippen molar-refractivity contribution in [3.05, 3.63) is 30.1 Å². The summed E-state index contributed by atoms with van der Waals surface area (Å²) in [5, 5.41) is 14.0. The molecule has 0 aliphatic rings. The fourth-order valence-electron chi connectivity index (χ4n) is 1.58. The normalized spacial score (nSPS) is 11.9. The Hall–Kier alpha value is -2.11. The van der Waals surface area contributed by atoms with Crippen molar-refractivity contribution >= 4 is 12.0 Å². The predicted molar refractivity (Wildman–Crippen MR) is 70.5 cm³/mol. The van der Waals surface area contributed by atoms with Crippen molar-refractivity contribution in [2.24, 2.45) is 5.92 Å².